The topological polar surface area (TPSA) is 92.1 Å². The molecule has 7 heteroatoms. The predicted octanol–water partition coefficient (Wildman–Crippen LogP) is 3.37. The van der Waals surface area contributed by atoms with Crippen molar-refractivity contribution in [2.45, 2.75) is 26.9 Å². The van der Waals surface area contributed by atoms with Crippen LogP contribution >= 0.6 is 0 Å². The summed E-state index contributed by atoms with van der Waals surface area (Å²) in [6, 6.07) is 9.43. The molecule has 0 atom stereocenters. The van der Waals surface area contributed by atoms with E-state index in [0.29, 0.717) is 11.3 Å². The van der Waals surface area contributed by atoms with Crippen molar-refractivity contribution < 1.29 is 9.21 Å². The molecule has 0 radical (unpaired) electrons. The van der Waals surface area contributed by atoms with Gasteiger partial charge in [0.15, 0.2) is 0 Å². The molecule has 0 spiro atoms. The minimum atomic E-state index is -0.325. The number of hydrogen-bond donors (Lipinski definition) is 1. The number of aromatic amines is 1. The average molecular weight is 388 g/mol. The Labute approximate surface area is 167 Å². The minimum Gasteiger partial charge on any atom is -0.467 e. The van der Waals surface area contributed by atoms with Gasteiger partial charge in [-0.15, -0.1) is 0 Å². The molecule has 3 aromatic heterocycles. The van der Waals surface area contributed by atoms with E-state index in [1.807, 2.05) is 32.0 Å². The third-order valence-corrected chi connectivity index (χ3v) is 4.73. The number of carbonyl (C=O) groups excluding carboxylic acids is 1. The number of aryl methyl sites for hydroxylation is 2. The van der Waals surface area contributed by atoms with Crippen molar-refractivity contribution in [2.24, 2.45) is 0 Å². The first-order chi connectivity index (χ1) is 14.0. The van der Waals surface area contributed by atoms with Gasteiger partial charge in [0.25, 0.3) is 11.5 Å². The zero-order chi connectivity index (χ0) is 20.4. The molecule has 146 valence electrons. The Morgan fingerprint density at radius 2 is 2.03 bits per heavy atom. The zero-order valence-corrected chi connectivity index (χ0v) is 16.2. The number of nitrogens with one attached hydrogen (secondary N) is 1. The molecule has 0 fully saturated rings. The maximum atomic E-state index is 13.0. The molecule has 0 aliphatic carbocycles. The van der Waals surface area contributed by atoms with Crippen LogP contribution in [0.5, 0.6) is 0 Å². The monoisotopic (exact) mass is 388 g/mol. The van der Waals surface area contributed by atoms with Crippen LogP contribution in [0.2, 0.25) is 0 Å². The van der Waals surface area contributed by atoms with Gasteiger partial charge in [0.05, 0.1) is 31.1 Å². The molecule has 1 amide bonds. The van der Waals surface area contributed by atoms with Crippen LogP contribution in [0.1, 0.15) is 32.9 Å². The van der Waals surface area contributed by atoms with E-state index >= 15 is 0 Å². The maximum Gasteiger partial charge on any atom is 0.274 e. The van der Waals surface area contributed by atoms with E-state index in [0.717, 1.165) is 22.0 Å². The summed E-state index contributed by atoms with van der Waals surface area (Å²) in [5, 5.41) is 0.932. The number of hydrogen-bond acceptors (Lipinski definition) is 5. The summed E-state index contributed by atoms with van der Waals surface area (Å²) < 4.78 is 5.40. The summed E-state index contributed by atoms with van der Waals surface area (Å²) in [6.45, 7) is 4.31. The largest absolute Gasteiger partial charge is 0.467 e. The fourth-order valence-electron chi connectivity index (χ4n) is 3.42. The predicted molar refractivity (Wildman–Crippen MR) is 108 cm³/mol. The van der Waals surface area contributed by atoms with Gasteiger partial charge in [-0.2, -0.15) is 0 Å². The number of nitrogens with zero attached hydrogens (tertiary/aromatic N) is 3. The number of H-pyrrole nitrogens is 1. The van der Waals surface area contributed by atoms with Gasteiger partial charge in [-0.25, -0.2) is 4.98 Å². The molecule has 7 nitrogen and oxygen atoms in total. The molecule has 3 heterocycles. The third-order valence-electron chi connectivity index (χ3n) is 4.73. The molecular formula is C22H20N4O3. The van der Waals surface area contributed by atoms with Crippen LogP contribution in [0.15, 0.2) is 64.4 Å². The van der Waals surface area contributed by atoms with Crippen molar-refractivity contribution in [3.05, 3.63) is 93.7 Å². The number of furan rings is 1. The van der Waals surface area contributed by atoms with Crippen LogP contribution in [0, 0.1) is 13.8 Å². The van der Waals surface area contributed by atoms with Crippen molar-refractivity contribution in [3.8, 4) is 0 Å². The van der Waals surface area contributed by atoms with Gasteiger partial charge >= 0.3 is 0 Å². The van der Waals surface area contributed by atoms with Crippen molar-refractivity contribution in [1.29, 1.82) is 0 Å². The molecule has 4 aromatic rings. The SMILES string of the molecule is Cc1cc(C)c2[nH]c(=O)c(CN(Cc3ccco3)C(=O)c3cnccn3)cc2c1. The van der Waals surface area contributed by atoms with E-state index in [4.69, 9.17) is 4.42 Å². The lowest BCUT2D eigenvalue weighted by Gasteiger charge is -2.21. The van der Waals surface area contributed by atoms with Crippen LogP contribution < -0.4 is 5.56 Å². The van der Waals surface area contributed by atoms with Crippen LogP contribution in [0.4, 0.5) is 0 Å². The Morgan fingerprint density at radius 1 is 1.17 bits per heavy atom. The standard InChI is InChI=1S/C22H20N4O3/c1-14-8-15(2)20-16(9-14)10-17(21(27)25-20)12-26(13-18-4-3-7-29-18)22(28)19-11-23-5-6-24-19/h3-11H,12-13H2,1-2H3,(H,25,27). The van der Waals surface area contributed by atoms with Crippen LogP contribution in [-0.4, -0.2) is 25.8 Å². The van der Waals surface area contributed by atoms with Gasteiger partial charge < -0.3 is 14.3 Å². The van der Waals surface area contributed by atoms with E-state index < -0.39 is 0 Å². The van der Waals surface area contributed by atoms with Crippen LogP contribution in [0.3, 0.4) is 0 Å². The fraction of sp³-hybridized carbons (Fsp3) is 0.182. The quantitative estimate of drug-likeness (QED) is 0.566. The highest BCUT2D eigenvalue weighted by Gasteiger charge is 2.21. The Hall–Kier alpha value is -3.74. The fourth-order valence-corrected chi connectivity index (χ4v) is 3.42. The lowest BCUT2D eigenvalue weighted by molar-refractivity contribution is 0.0710. The number of pyridine rings is 1. The summed E-state index contributed by atoms with van der Waals surface area (Å²) in [5.74, 6) is 0.292. The van der Waals surface area contributed by atoms with Gasteiger partial charge in [-0.05, 0) is 49.1 Å². The van der Waals surface area contributed by atoms with Gasteiger partial charge in [-0.3, -0.25) is 14.6 Å². The van der Waals surface area contributed by atoms with Crippen LogP contribution in [-0.2, 0) is 13.1 Å². The number of rotatable bonds is 5. The highest BCUT2D eigenvalue weighted by molar-refractivity contribution is 5.92. The van der Waals surface area contributed by atoms with E-state index in [9.17, 15) is 9.59 Å². The van der Waals surface area contributed by atoms with Gasteiger partial charge in [-0.1, -0.05) is 11.6 Å². The summed E-state index contributed by atoms with van der Waals surface area (Å²) in [7, 11) is 0. The number of benzene rings is 1. The Morgan fingerprint density at radius 3 is 2.76 bits per heavy atom. The van der Waals surface area contributed by atoms with Crippen molar-refractivity contribution in [1.82, 2.24) is 19.9 Å². The number of aromatic nitrogens is 3. The maximum absolute atomic E-state index is 13.0. The normalized spacial score (nSPS) is 11.0. The molecule has 0 bridgehead atoms. The van der Waals surface area contributed by atoms with E-state index in [-0.39, 0.29) is 30.2 Å². The zero-order valence-electron chi connectivity index (χ0n) is 16.2. The molecule has 1 N–H and O–H groups in total. The summed E-state index contributed by atoms with van der Waals surface area (Å²) in [6.07, 6.45) is 5.93. The first-order valence-electron chi connectivity index (χ1n) is 9.22. The molecule has 0 aliphatic heterocycles. The second kappa shape index (κ2) is 7.71. The number of carbonyl (C=O) groups is 1. The molecular weight excluding hydrogens is 368 g/mol. The Bertz CT molecular complexity index is 1210. The minimum absolute atomic E-state index is 0.119. The molecule has 0 saturated heterocycles. The molecule has 0 saturated carbocycles. The summed E-state index contributed by atoms with van der Waals surface area (Å²) in [4.78, 5) is 38.3. The lowest BCUT2D eigenvalue weighted by atomic mass is 10.0. The molecule has 0 unspecified atom stereocenters. The average Bonchev–Trinajstić information content (AvgIpc) is 3.22. The van der Waals surface area contributed by atoms with Crippen molar-refractivity contribution >= 4 is 16.8 Å². The highest BCUT2D eigenvalue weighted by atomic mass is 16.3. The number of amides is 1. The van der Waals surface area contributed by atoms with Crippen LogP contribution in [0.25, 0.3) is 10.9 Å². The van der Waals surface area contributed by atoms with E-state index in [1.54, 1.807) is 18.4 Å². The van der Waals surface area contributed by atoms with Gasteiger partial charge in [0.1, 0.15) is 11.5 Å². The third kappa shape index (κ3) is 3.94. The Balaban J connectivity index is 1.73. The first kappa shape index (κ1) is 18.6. The molecule has 1 aromatic carbocycles. The smallest absolute Gasteiger partial charge is 0.274 e. The second-order valence-electron chi connectivity index (χ2n) is 7.00. The van der Waals surface area contributed by atoms with Crippen molar-refractivity contribution in [3.63, 3.8) is 0 Å². The van der Waals surface area contributed by atoms with Gasteiger partial charge in [0.2, 0.25) is 0 Å². The lowest BCUT2D eigenvalue weighted by Crippen LogP contribution is -2.33. The summed E-state index contributed by atoms with van der Waals surface area (Å²) in [5.41, 5.74) is 3.40. The first-order valence-corrected chi connectivity index (χ1v) is 9.22. The number of fused-ring (bicyclic) bond motifs is 1. The second-order valence-corrected chi connectivity index (χ2v) is 7.00. The van der Waals surface area contributed by atoms with Crippen molar-refractivity contribution in [2.75, 3.05) is 0 Å². The molecule has 4 rings (SSSR count). The van der Waals surface area contributed by atoms with Gasteiger partial charge in [0, 0.05) is 18.0 Å². The molecule has 29 heavy (non-hydrogen) atoms. The highest BCUT2D eigenvalue weighted by Crippen LogP contribution is 2.19. The molecule has 0 aliphatic rings. The Kier molecular flexibility index (Phi) is 4.95. The van der Waals surface area contributed by atoms with E-state index in [1.165, 1.54) is 23.5 Å². The van der Waals surface area contributed by atoms with E-state index in [2.05, 4.69) is 15.0 Å². The summed E-state index contributed by atoms with van der Waals surface area (Å²) >= 11 is 0.